The number of esters is 4. The Morgan fingerprint density at radius 2 is 1.29 bits per heavy atom. The maximum absolute atomic E-state index is 13.3. The van der Waals surface area contributed by atoms with Crippen LogP contribution in [0.2, 0.25) is 0 Å². The standard InChI is InChI=1S/C23H29NO10/c1-11-8-7-9-12(2)18(11)24-23(29)22-21(33-16(6)28)20(32-15(5)27)19(31-14(4)26)17(34-22)10-30-13(3)25/h7-9,17,19-22H,10H2,1-6H3,(H,24,29)/t17-,19-,20+,21-,22+/m1/s1. The van der Waals surface area contributed by atoms with E-state index in [0.29, 0.717) is 5.69 Å². The smallest absolute Gasteiger partial charge is 0.303 e. The van der Waals surface area contributed by atoms with Gasteiger partial charge in [-0.15, -0.1) is 0 Å². The number of hydrogen-bond acceptors (Lipinski definition) is 10. The molecule has 0 spiro atoms. The first-order valence-corrected chi connectivity index (χ1v) is 10.6. The van der Waals surface area contributed by atoms with Crippen molar-refractivity contribution in [2.45, 2.75) is 72.1 Å². The lowest BCUT2D eigenvalue weighted by Crippen LogP contribution is -2.64. The van der Waals surface area contributed by atoms with Crippen LogP contribution in [0.5, 0.6) is 0 Å². The SMILES string of the molecule is CC(=O)OC[C@H]1O[C@H](C(=O)Nc2c(C)cccc2C)[C@H](OC(C)=O)[C@@H](OC(C)=O)[C@@H]1OC(C)=O. The van der Waals surface area contributed by atoms with Crippen molar-refractivity contribution in [3.8, 4) is 0 Å². The molecular formula is C23H29NO10. The van der Waals surface area contributed by atoms with Gasteiger partial charge in [-0.05, 0) is 25.0 Å². The average molecular weight is 479 g/mol. The van der Waals surface area contributed by atoms with Crippen LogP contribution >= 0.6 is 0 Å². The molecule has 1 amide bonds. The number of para-hydroxylation sites is 1. The summed E-state index contributed by atoms with van der Waals surface area (Å²) in [5.74, 6) is -3.65. The molecule has 1 saturated heterocycles. The zero-order valence-electron chi connectivity index (χ0n) is 19.9. The summed E-state index contributed by atoms with van der Waals surface area (Å²) in [5, 5.41) is 2.76. The molecule has 0 unspecified atom stereocenters. The molecule has 1 aliphatic rings. The lowest BCUT2D eigenvalue weighted by Gasteiger charge is -2.43. The van der Waals surface area contributed by atoms with Gasteiger partial charge in [0.15, 0.2) is 24.4 Å². The van der Waals surface area contributed by atoms with E-state index in [4.69, 9.17) is 23.7 Å². The van der Waals surface area contributed by atoms with Crippen molar-refractivity contribution in [3.63, 3.8) is 0 Å². The highest BCUT2D eigenvalue weighted by atomic mass is 16.7. The van der Waals surface area contributed by atoms with E-state index >= 15 is 0 Å². The van der Waals surface area contributed by atoms with Gasteiger partial charge >= 0.3 is 23.9 Å². The Morgan fingerprint density at radius 1 is 0.794 bits per heavy atom. The number of aryl methyl sites for hydroxylation is 2. The van der Waals surface area contributed by atoms with Crippen LogP contribution in [-0.2, 0) is 47.7 Å². The van der Waals surface area contributed by atoms with Gasteiger partial charge in [0.2, 0.25) is 0 Å². The van der Waals surface area contributed by atoms with Crippen LogP contribution in [0.25, 0.3) is 0 Å². The second kappa shape index (κ2) is 11.6. The molecule has 1 N–H and O–H groups in total. The van der Waals surface area contributed by atoms with E-state index < -0.39 is 66.9 Å². The maximum Gasteiger partial charge on any atom is 0.303 e. The van der Waals surface area contributed by atoms with Crippen molar-refractivity contribution in [2.24, 2.45) is 0 Å². The van der Waals surface area contributed by atoms with Gasteiger partial charge in [-0.3, -0.25) is 24.0 Å². The normalized spacial score (nSPS) is 23.9. The van der Waals surface area contributed by atoms with Crippen LogP contribution in [0.3, 0.4) is 0 Å². The highest BCUT2D eigenvalue weighted by Gasteiger charge is 2.54. The van der Waals surface area contributed by atoms with E-state index in [1.807, 2.05) is 6.07 Å². The molecule has 11 heteroatoms. The van der Waals surface area contributed by atoms with Crippen molar-refractivity contribution in [3.05, 3.63) is 29.3 Å². The second-order valence-electron chi connectivity index (χ2n) is 7.88. The second-order valence-corrected chi connectivity index (χ2v) is 7.88. The van der Waals surface area contributed by atoms with Gasteiger partial charge in [0, 0.05) is 33.4 Å². The van der Waals surface area contributed by atoms with Crippen molar-refractivity contribution in [1.82, 2.24) is 0 Å². The van der Waals surface area contributed by atoms with E-state index in [9.17, 15) is 24.0 Å². The summed E-state index contributed by atoms with van der Waals surface area (Å²) < 4.78 is 26.8. The zero-order valence-corrected chi connectivity index (χ0v) is 19.9. The Balaban J connectivity index is 2.50. The highest BCUT2D eigenvalue weighted by molar-refractivity contribution is 5.96. The minimum atomic E-state index is -1.49. The number of benzene rings is 1. The summed E-state index contributed by atoms with van der Waals surface area (Å²) in [6.07, 6.45) is -6.87. The molecule has 2 rings (SSSR count). The first kappa shape index (κ1) is 26.8. The van der Waals surface area contributed by atoms with Crippen LogP contribution in [0.1, 0.15) is 38.8 Å². The van der Waals surface area contributed by atoms with Crippen molar-refractivity contribution in [2.75, 3.05) is 11.9 Å². The van der Waals surface area contributed by atoms with Gasteiger partial charge in [0.25, 0.3) is 5.91 Å². The van der Waals surface area contributed by atoms with Crippen LogP contribution in [0.15, 0.2) is 18.2 Å². The monoisotopic (exact) mass is 479 g/mol. The molecule has 1 aromatic carbocycles. The Hall–Kier alpha value is -3.47. The number of hydrogen-bond donors (Lipinski definition) is 1. The molecule has 1 heterocycles. The fourth-order valence-electron chi connectivity index (χ4n) is 3.65. The van der Waals surface area contributed by atoms with Gasteiger partial charge in [-0.1, -0.05) is 18.2 Å². The summed E-state index contributed by atoms with van der Waals surface area (Å²) in [6, 6.07) is 5.43. The minimum Gasteiger partial charge on any atom is -0.463 e. The first-order chi connectivity index (χ1) is 15.9. The third-order valence-electron chi connectivity index (χ3n) is 4.98. The van der Waals surface area contributed by atoms with Crippen molar-refractivity contribution >= 4 is 35.5 Å². The lowest BCUT2D eigenvalue weighted by atomic mass is 9.93. The third kappa shape index (κ3) is 7.01. The Morgan fingerprint density at radius 3 is 1.79 bits per heavy atom. The van der Waals surface area contributed by atoms with Crippen LogP contribution in [-0.4, -0.2) is 66.9 Å². The van der Waals surface area contributed by atoms with E-state index in [1.165, 1.54) is 6.92 Å². The fraction of sp³-hybridized carbons (Fsp3) is 0.522. The Bertz CT molecular complexity index is 939. The molecule has 11 nitrogen and oxygen atoms in total. The summed E-state index contributed by atoms with van der Waals surface area (Å²) in [6.45, 7) is 7.69. The molecule has 1 aliphatic heterocycles. The Labute approximate surface area is 197 Å². The highest BCUT2D eigenvalue weighted by Crippen LogP contribution is 2.31. The van der Waals surface area contributed by atoms with E-state index in [2.05, 4.69) is 5.32 Å². The zero-order chi connectivity index (χ0) is 25.6. The molecule has 0 radical (unpaired) electrons. The number of carbonyl (C=O) groups excluding carboxylic acids is 5. The number of ether oxygens (including phenoxy) is 5. The number of nitrogens with one attached hydrogen (secondary N) is 1. The molecule has 0 bridgehead atoms. The predicted octanol–water partition coefficient (Wildman–Crippen LogP) is 1.37. The van der Waals surface area contributed by atoms with Crippen LogP contribution in [0.4, 0.5) is 5.69 Å². The molecular weight excluding hydrogens is 450 g/mol. The molecule has 34 heavy (non-hydrogen) atoms. The Kier molecular flexibility index (Phi) is 9.13. The number of amides is 1. The molecule has 0 aromatic heterocycles. The quantitative estimate of drug-likeness (QED) is 0.450. The first-order valence-electron chi connectivity index (χ1n) is 10.6. The van der Waals surface area contributed by atoms with Crippen molar-refractivity contribution in [1.29, 1.82) is 0 Å². The molecule has 1 fully saturated rings. The molecule has 186 valence electrons. The number of rotatable bonds is 7. The molecule has 1 aromatic rings. The van der Waals surface area contributed by atoms with E-state index in [1.54, 1.807) is 26.0 Å². The molecule has 5 atom stereocenters. The maximum atomic E-state index is 13.3. The van der Waals surface area contributed by atoms with Crippen molar-refractivity contribution < 1.29 is 47.7 Å². The summed E-state index contributed by atoms with van der Waals surface area (Å²) in [7, 11) is 0. The predicted molar refractivity (Wildman–Crippen MR) is 117 cm³/mol. The van der Waals surface area contributed by atoms with Gasteiger partial charge in [0.05, 0.1) is 0 Å². The topological polar surface area (TPSA) is 144 Å². The summed E-state index contributed by atoms with van der Waals surface area (Å²) >= 11 is 0. The number of anilines is 1. The summed E-state index contributed by atoms with van der Waals surface area (Å²) in [4.78, 5) is 60.2. The number of carbonyl (C=O) groups is 5. The molecule has 0 aliphatic carbocycles. The van der Waals surface area contributed by atoms with E-state index in [-0.39, 0.29) is 0 Å². The van der Waals surface area contributed by atoms with Gasteiger partial charge in [-0.25, -0.2) is 0 Å². The van der Waals surface area contributed by atoms with Crippen LogP contribution in [0, 0.1) is 13.8 Å². The van der Waals surface area contributed by atoms with Gasteiger partial charge in [-0.2, -0.15) is 0 Å². The summed E-state index contributed by atoms with van der Waals surface area (Å²) in [5.41, 5.74) is 2.08. The molecule has 0 saturated carbocycles. The fourth-order valence-corrected chi connectivity index (χ4v) is 3.65. The minimum absolute atomic E-state index is 0.412. The lowest BCUT2D eigenvalue weighted by molar-refractivity contribution is -0.248. The van der Waals surface area contributed by atoms with Crippen LogP contribution < -0.4 is 5.32 Å². The van der Waals surface area contributed by atoms with E-state index in [0.717, 1.165) is 31.9 Å². The largest absolute Gasteiger partial charge is 0.463 e. The third-order valence-corrected chi connectivity index (χ3v) is 4.98. The van der Waals surface area contributed by atoms with Gasteiger partial charge < -0.3 is 29.0 Å². The van der Waals surface area contributed by atoms with Gasteiger partial charge in [0.1, 0.15) is 12.7 Å². The average Bonchev–Trinajstić information content (AvgIpc) is 2.71.